The van der Waals surface area contributed by atoms with Crippen molar-refractivity contribution < 1.29 is 19.4 Å². The summed E-state index contributed by atoms with van der Waals surface area (Å²) in [5, 5.41) is 9.49. The summed E-state index contributed by atoms with van der Waals surface area (Å²) in [6.45, 7) is 2.93. The lowest BCUT2D eigenvalue weighted by molar-refractivity contribution is -0.138. The first-order chi connectivity index (χ1) is 10.4. The molecule has 0 aromatic heterocycles. The van der Waals surface area contributed by atoms with Crippen LogP contribution in [-0.4, -0.2) is 36.7 Å². The lowest BCUT2D eigenvalue weighted by Gasteiger charge is -2.30. The van der Waals surface area contributed by atoms with E-state index in [2.05, 4.69) is 67.8 Å². The number of carbonyl (C=O) groups excluding carboxylic acids is 1. The summed E-state index contributed by atoms with van der Waals surface area (Å²) in [5.41, 5.74) is 1.61. The van der Waals surface area contributed by atoms with E-state index in [1.165, 1.54) is 0 Å². The summed E-state index contributed by atoms with van der Waals surface area (Å²) >= 11 is 6.55. The van der Waals surface area contributed by atoms with Gasteiger partial charge in [-0.15, -0.1) is 0 Å². The van der Waals surface area contributed by atoms with E-state index in [-0.39, 0.29) is 12.5 Å². The minimum atomic E-state index is -0.834. The zero-order chi connectivity index (χ0) is 16.4. The van der Waals surface area contributed by atoms with Gasteiger partial charge in [0.25, 0.3) is 5.91 Å². The van der Waals surface area contributed by atoms with Crippen LogP contribution in [0.3, 0.4) is 0 Å². The van der Waals surface area contributed by atoms with Gasteiger partial charge in [-0.25, -0.2) is 0 Å². The fourth-order valence-electron chi connectivity index (χ4n) is 2.42. The predicted molar refractivity (Wildman–Crippen MR) is 108 cm³/mol. The Bertz CT molecular complexity index is 621. The van der Waals surface area contributed by atoms with Crippen molar-refractivity contribution in [3.05, 3.63) is 22.3 Å². The van der Waals surface area contributed by atoms with Crippen LogP contribution in [0.15, 0.2) is 6.07 Å². The normalized spacial score (nSPS) is 16.7. The molecule has 1 atom stereocenters. The van der Waals surface area contributed by atoms with E-state index in [1.54, 1.807) is 4.90 Å². The molecular formula is C14H14I3NO4. The van der Waals surface area contributed by atoms with Crippen LogP contribution in [0.1, 0.15) is 24.8 Å². The molecule has 120 valence electrons. The monoisotopic (exact) mass is 641 g/mol. The number of halogens is 3. The molecule has 1 aromatic carbocycles. The molecule has 0 bridgehead atoms. The maximum atomic E-state index is 12.1. The highest BCUT2D eigenvalue weighted by Gasteiger charge is 2.30. The number of ether oxygens (including phenoxy) is 1. The maximum Gasteiger partial charge on any atom is 0.311 e. The van der Waals surface area contributed by atoms with Crippen molar-refractivity contribution in [2.45, 2.75) is 19.3 Å². The van der Waals surface area contributed by atoms with Crippen LogP contribution in [0.25, 0.3) is 0 Å². The van der Waals surface area contributed by atoms with Crippen molar-refractivity contribution in [2.24, 2.45) is 0 Å². The number of carboxylic acids is 1. The van der Waals surface area contributed by atoms with E-state index in [0.29, 0.717) is 19.6 Å². The Hall–Kier alpha value is 0.310. The van der Waals surface area contributed by atoms with E-state index in [9.17, 15) is 14.7 Å². The first-order valence-electron chi connectivity index (χ1n) is 6.66. The number of amides is 1. The number of carbonyl (C=O) groups is 2. The molecular weight excluding hydrogens is 627 g/mol. The van der Waals surface area contributed by atoms with Gasteiger partial charge in [-0.3, -0.25) is 9.59 Å². The number of hydrogen-bond donors (Lipinski definition) is 1. The van der Waals surface area contributed by atoms with Crippen molar-refractivity contribution in [2.75, 3.05) is 24.7 Å². The third-order valence-electron chi connectivity index (χ3n) is 3.49. The molecule has 0 spiro atoms. The first-order valence-corrected chi connectivity index (χ1v) is 9.90. The van der Waals surface area contributed by atoms with Crippen molar-refractivity contribution in [3.8, 4) is 0 Å². The number of anilines is 1. The summed E-state index contributed by atoms with van der Waals surface area (Å²) < 4.78 is 7.90. The van der Waals surface area contributed by atoms with Crippen molar-refractivity contribution >= 4 is 85.3 Å². The molecule has 1 amide bonds. The quantitative estimate of drug-likeness (QED) is 0.513. The third kappa shape index (κ3) is 3.69. The highest BCUT2D eigenvalue weighted by atomic mass is 127. The van der Waals surface area contributed by atoms with Crippen molar-refractivity contribution in [1.82, 2.24) is 0 Å². The summed E-state index contributed by atoms with van der Waals surface area (Å²) in [4.78, 5) is 25.4. The summed E-state index contributed by atoms with van der Waals surface area (Å²) in [6.07, 6.45) is 0.512. The second-order valence-electron chi connectivity index (χ2n) is 4.81. The molecule has 22 heavy (non-hydrogen) atoms. The lowest BCUT2D eigenvalue weighted by Crippen LogP contribution is -2.42. The van der Waals surface area contributed by atoms with Crippen LogP contribution in [0.2, 0.25) is 0 Å². The van der Waals surface area contributed by atoms with E-state index >= 15 is 0 Å². The van der Waals surface area contributed by atoms with Crippen molar-refractivity contribution in [3.63, 3.8) is 0 Å². The zero-order valence-corrected chi connectivity index (χ0v) is 18.2. The SMILES string of the molecule is CCC(C(=O)O)c1c(I)cc(I)c(N2CCOCC2=O)c1I. The van der Waals surface area contributed by atoms with E-state index < -0.39 is 11.9 Å². The molecule has 1 N–H and O–H groups in total. The van der Waals surface area contributed by atoms with Crippen LogP contribution >= 0.6 is 67.8 Å². The van der Waals surface area contributed by atoms with Gasteiger partial charge < -0.3 is 14.7 Å². The van der Waals surface area contributed by atoms with Gasteiger partial charge >= 0.3 is 5.97 Å². The molecule has 1 aromatic rings. The molecule has 0 saturated carbocycles. The van der Waals surface area contributed by atoms with Crippen LogP contribution in [-0.2, 0) is 14.3 Å². The van der Waals surface area contributed by atoms with Gasteiger partial charge in [0.2, 0.25) is 0 Å². The van der Waals surface area contributed by atoms with Crippen LogP contribution in [0, 0.1) is 10.7 Å². The van der Waals surface area contributed by atoms with Gasteiger partial charge in [-0.2, -0.15) is 0 Å². The van der Waals surface area contributed by atoms with Crippen LogP contribution in [0.4, 0.5) is 5.69 Å². The minimum absolute atomic E-state index is 0.0730. The Morgan fingerprint density at radius 1 is 1.41 bits per heavy atom. The Balaban J connectivity index is 2.60. The highest BCUT2D eigenvalue weighted by Crippen LogP contribution is 2.39. The summed E-state index contributed by atoms with van der Waals surface area (Å²) in [6, 6.07) is 1.95. The van der Waals surface area contributed by atoms with E-state index in [1.807, 2.05) is 13.0 Å². The Labute approximate surface area is 169 Å². The van der Waals surface area contributed by atoms with Crippen LogP contribution in [0.5, 0.6) is 0 Å². The van der Waals surface area contributed by atoms with Gasteiger partial charge in [-0.05, 0) is 85.8 Å². The number of benzene rings is 1. The molecule has 1 heterocycles. The second kappa shape index (κ2) is 7.92. The zero-order valence-electron chi connectivity index (χ0n) is 11.7. The van der Waals surface area contributed by atoms with E-state index in [4.69, 9.17) is 4.74 Å². The van der Waals surface area contributed by atoms with E-state index in [0.717, 1.165) is 22.0 Å². The van der Waals surface area contributed by atoms with Gasteiger partial charge in [-0.1, -0.05) is 6.92 Å². The van der Waals surface area contributed by atoms with Gasteiger partial charge in [0.05, 0.1) is 18.2 Å². The third-order valence-corrected chi connectivity index (χ3v) is 6.30. The molecule has 2 rings (SSSR count). The average Bonchev–Trinajstić information content (AvgIpc) is 2.44. The smallest absolute Gasteiger partial charge is 0.311 e. The summed E-state index contributed by atoms with van der Waals surface area (Å²) in [5.74, 6) is -1.48. The Morgan fingerprint density at radius 2 is 2.09 bits per heavy atom. The van der Waals surface area contributed by atoms with Crippen molar-refractivity contribution in [1.29, 1.82) is 0 Å². The molecule has 0 aliphatic carbocycles. The van der Waals surface area contributed by atoms with Crippen LogP contribution < -0.4 is 4.90 Å². The molecule has 5 nitrogen and oxygen atoms in total. The number of nitrogens with zero attached hydrogens (tertiary/aromatic N) is 1. The molecule has 8 heteroatoms. The molecule has 1 unspecified atom stereocenters. The predicted octanol–water partition coefficient (Wildman–Crippen LogP) is 3.44. The highest BCUT2D eigenvalue weighted by molar-refractivity contribution is 14.1. The largest absolute Gasteiger partial charge is 0.481 e. The maximum absolute atomic E-state index is 12.1. The van der Waals surface area contributed by atoms with Gasteiger partial charge in [0, 0.05) is 17.3 Å². The topological polar surface area (TPSA) is 66.8 Å². The fourth-order valence-corrected chi connectivity index (χ4v) is 7.12. The number of aliphatic carboxylic acids is 1. The lowest BCUT2D eigenvalue weighted by atomic mass is 9.96. The standard InChI is InChI=1S/C14H14I3NO4/c1-2-7(14(20)21)11-8(15)5-9(16)13(12(11)17)18-3-4-22-6-10(18)19/h5,7H,2-4,6H2,1H3,(H,20,21). The number of morpholine rings is 1. The van der Waals surface area contributed by atoms with Gasteiger partial charge in [0.15, 0.2) is 0 Å². The summed E-state index contributed by atoms with van der Waals surface area (Å²) in [7, 11) is 0. The number of hydrogen-bond acceptors (Lipinski definition) is 3. The Kier molecular flexibility index (Phi) is 6.71. The molecule has 1 fully saturated rings. The number of carboxylic acid groups (broad SMARTS) is 1. The first kappa shape index (κ1) is 18.6. The Morgan fingerprint density at radius 3 is 2.64 bits per heavy atom. The average molecular weight is 641 g/mol. The fraction of sp³-hybridized carbons (Fsp3) is 0.429. The van der Waals surface area contributed by atoms with Gasteiger partial charge in [0.1, 0.15) is 6.61 Å². The molecule has 1 saturated heterocycles. The molecule has 1 aliphatic heterocycles. The molecule has 0 radical (unpaired) electrons. The second-order valence-corrected chi connectivity index (χ2v) is 8.22. The number of rotatable bonds is 4. The molecule has 1 aliphatic rings. The minimum Gasteiger partial charge on any atom is -0.481 e.